The monoisotopic (exact) mass is 359 g/mol. The van der Waals surface area contributed by atoms with Crippen LogP contribution in [0.2, 0.25) is 0 Å². The molecule has 1 aromatic heterocycles. The summed E-state index contributed by atoms with van der Waals surface area (Å²) in [5.74, 6) is 0.241. The smallest absolute Gasteiger partial charge is 0.414 e. The van der Waals surface area contributed by atoms with Crippen LogP contribution in [0.4, 0.5) is 10.5 Å². The molecule has 1 unspecified atom stereocenters. The Labute approximate surface area is 150 Å². The first kappa shape index (κ1) is 17.8. The summed E-state index contributed by atoms with van der Waals surface area (Å²) < 4.78 is 15.6. The molecule has 1 atom stereocenters. The van der Waals surface area contributed by atoms with Gasteiger partial charge in [-0.2, -0.15) is 0 Å². The summed E-state index contributed by atoms with van der Waals surface area (Å²) in [4.78, 5) is 27.8. The minimum Gasteiger partial charge on any atom is -0.488 e. The number of nitrogens with zero attached hydrogens (tertiary/aromatic N) is 1. The minimum absolute atomic E-state index is 0.144. The number of hydrogen-bond donors (Lipinski definition) is 2. The number of ether oxygens (including phenoxy) is 3. The molecule has 1 amide bonds. The average Bonchev–Trinajstić information content (AvgIpc) is 3.26. The number of rotatable bonds is 7. The summed E-state index contributed by atoms with van der Waals surface area (Å²) in [6.45, 7) is 1.08. The molecule has 0 bridgehead atoms. The summed E-state index contributed by atoms with van der Waals surface area (Å²) in [6, 6.07) is 9.18. The second-order valence-corrected chi connectivity index (χ2v) is 5.91. The predicted octanol–water partition coefficient (Wildman–Crippen LogP) is 1.59. The van der Waals surface area contributed by atoms with Gasteiger partial charge in [-0.3, -0.25) is 9.69 Å². The highest BCUT2D eigenvalue weighted by Crippen LogP contribution is 2.23. The van der Waals surface area contributed by atoms with E-state index in [1.54, 1.807) is 17.2 Å². The lowest BCUT2D eigenvalue weighted by Crippen LogP contribution is -2.26. The number of esters is 1. The standard InChI is InChI=1S/C18H21N3O5/c1-24-17(22)7-13-6-15(9-20-13)25-11-16-10-21(18(23)26-16)14-4-2-12(8-19)3-5-14/h2-6,9,16,20H,7-8,10-11,19H2,1H3. The van der Waals surface area contributed by atoms with Crippen LogP contribution in [0, 0.1) is 0 Å². The van der Waals surface area contributed by atoms with Gasteiger partial charge in [0.05, 0.1) is 20.1 Å². The van der Waals surface area contributed by atoms with Crippen LogP contribution in [0.5, 0.6) is 5.75 Å². The quantitative estimate of drug-likeness (QED) is 0.727. The van der Waals surface area contributed by atoms with E-state index in [-0.39, 0.29) is 25.1 Å². The van der Waals surface area contributed by atoms with Gasteiger partial charge in [-0.1, -0.05) is 12.1 Å². The molecule has 1 aliphatic rings. The molecule has 2 heterocycles. The Morgan fingerprint density at radius 1 is 1.38 bits per heavy atom. The van der Waals surface area contributed by atoms with E-state index in [0.29, 0.717) is 24.5 Å². The fraction of sp³-hybridized carbons (Fsp3) is 0.333. The van der Waals surface area contributed by atoms with Gasteiger partial charge in [-0.05, 0) is 17.7 Å². The van der Waals surface area contributed by atoms with Gasteiger partial charge in [0.2, 0.25) is 0 Å². The van der Waals surface area contributed by atoms with E-state index in [4.69, 9.17) is 15.2 Å². The molecule has 3 N–H and O–H groups in total. The number of amides is 1. The van der Waals surface area contributed by atoms with Crippen molar-refractivity contribution in [2.24, 2.45) is 5.73 Å². The number of aromatic amines is 1. The second kappa shape index (κ2) is 7.92. The SMILES string of the molecule is COC(=O)Cc1cc(OCC2CN(c3ccc(CN)cc3)C(=O)O2)c[nH]1. The van der Waals surface area contributed by atoms with E-state index in [1.807, 2.05) is 24.3 Å². The molecule has 1 saturated heterocycles. The number of anilines is 1. The molecule has 2 aromatic rings. The molecule has 1 aliphatic heterocycles. The van der Waals surface area contributed by atoms with Crippen molar-refractivity contribution in [1.29, 1.82) is 0 Å². The van der Waals surface area contributed by atoms with E-state index in [9.17, 15) is 9.59 Å². The van der Waals surface area contributed by atoms with Crippen molar-refractivity contribution in [3.05, 3.63) is 47.8 Å². The number of nitrogens with two attached hydrogens (primary N) is 1. The maximum Gasteiger partial charge on any atom is 0.414 e. The Balaban J connectivity index is 1.53. The molecule has 0 radical (unpaired) electrons. The van der Waals surface area contributed by atoms with Gasteiger partial charge >= 0.3 is 12.1 Å². The number of carbonyl (C=O) groups is 2. The van der Waals surface area contributed by atoms with E-state index >= 15 is 0 Å². The predicted molar refractivity (Wildman–Crippen MR) is 94.0 cm³/mol. The first-order valence-corrected chi connectivity index (χ1v) is 8.23. The van der Waals surface area contributed by atoms with Crippen molar-refractivity contribution in [2.45, 2.75) is 19.1 Å². The molecular formula is C18H21N3O5. The van der Waals surface area contributed by atoms with Gasteiger partial charge in [0.25, 0.3) is 0 Å². The Morgan fingerprint density at radius 3 is 2.85 bits per heavy atom. The Hall–Kier alpha value is -3.00. The zero-order chi connectivity index (χ0) is 18.5. The van der Waals surface area contributed by atoms with Gasteiger partial charge in [-0.15, -0.1) is 0 Å². The summed E-state index contributed by atoms with van der Waals surface area (Å²) in [6.07, 6.45) is 1.01. The highest BCUT2D eigenvalue weighted by atomic mass is 16.6. The summed E-state index contributed by atoms with van der Waals surface area (Å²) >= 11 is 0. The van der Waals surface area contributed by atoms with Crippen LogP contribution in [0.3, 0.4) is 0 Å². The van der Waals surface area contributed by atoms with Crippen LogP contribution < -0.4 is 15.4 Å². The summed E-state index contributed by atoms with van der Waals surface area (Å²) in [5, 5.41) is 0. The van der Waals surface area contributed by atoms with Crippen LogP contribution in [-0.4, -0.2) is 43.4 Å². The highest BCUT2D eigenvalue weighted by Gasteiger charge is 2.32. The first-order chi connectivity index (χ1) is 12.6. The van der Waals surface area contributed by atoms with E-state index in [1.165, 1.54) is 7.11 Å². The highest BCUT2D eigenvalue weighted by molar-refractivity contribution is 5.89. The molecule has 0 saturated carbocycles. The van der Waals surface area contributed by atoms with Gasteiger partial charge in [0.1, 0.15) is 12.4 Å². The van der Waals surface area contributed by atoms with Crippen LogP contribution in [0.25, 0.3) is 0 Å². The molecular weight excluding hydrogens is 338 g/mol. The molecule has 138 valence electrons. The van der Waals surface area contributed by atoms with E-state index in [2.05, 4.69) is 9.72 Å². The number of aromatic nitrogens is 1. The maximum atomic E-state index is 12.1. The number of cyclic esters (lactones) is 1. The van der Waals surface area contributed by atoms with Gasteiger partial charge in [0, 0.05) is 30.2 Å². The summed E-state index contributed by atoms with van der Waals surface area (Å²) in [5.41, 5.74) is 8.03. The molecule has 1 fully saturated rings. The molecule has 26 heavy (non-hydrogen) atoms. The van der Waals surface area contributed by atoms with Crippen LogP contribution in [0.1, 0.15) is 11.3 Å². The van der Waals surface area contributed by atoms with Crippen molar-refractivity contribution in [1.82, 2.24) is 4.98 Å². The third-order valence-electron chi connectivity index (χ3n) is 4.07. The lowest BCUT2D eigenvalue weighted by molar-refractivity contribution is -0.139. The van der Waals surface area contributed by atoms with E-state index < -0.39 is 6.09 Å². The zero-order valence-electron chi connectivity index (χ0n) is 14.4. The molecule has 8 heteroatoms. The fourth-order valence-electron chi connectivity index (χ4n) is 2.65. The molecule has 0 spiro atoms. The number of benzene rings is 1. The third kappa shape index (κ3) is 4.15. The Bertz CT molecular complexity index is 771. The number of hydrogen-bond acceptors (Lipinski definition) is 6. The van der Waals surface area contributed by atoms with Crippen molar-refractivity contribution in [3.8, 4) is 5.75 Å². The Morgan fingerprint density at radius 2 is 2.15 bits per heavy atom. The van der Waals surface area contributed by atoms with Crippen molar-refractivity contribution in [3.63, 3.8) is 0 Å². The molecule has 8 nitrogen and oxygen atoms in total. The lowest BCUT2D eigenvalue weighted by Gasteiger charge is -2.13. The molecule has 0 aliphatic carbocycles. The second-order valence-electron chi connectivity index (χ2n) is 5.91. The van der Waals surface area contributed by atoms with Gasteiger partial charge in [0.15, 0.2) is 6.10 Å². The topological polar surface area (TPSA) is 107 Å². The number of H-pyrrole nitrogens is 1. The normalized spacial score (nSPS) is 16.5. The van der Waals surface area contributed by atoms with Crippen molar-refractivity contribution < 1.29 is 23.8 Å². The van der Waals surface area contributed by atoms with E-state index in [0.717, 1.165) is 11.3 Å². The lowest BCUT2D eigenvalue weighted by atomic mass is 10.2. The number of methoxy groups -OCH3 is 1. The van der Waals surface area contributed by atoms with Gasteiger partial charge < -0.3 is 24.9 Å². The van der Waals surface area contributed by atoms with Crippen LogP contribution >= 0.6 is 0 Å². The largest absolute Gasteiger partial charge is 0.488 e. The number of carbonyl (C=O) groups excluding carboxylic acids is 2. The van der Waals surface area contributed by atoms with Crippen molar-refractivity contribution in [2.75, 3.05) is 25.2 Å². The van der Waals surface area contributed by atoms with Crippen LogP contribution in [-0.2, 0) is 27.2 Å². The molecule has 3 rings (SSSR count). The van der Waals surface area contributed by atoms with Crippen molar-refractivity contribution >= 4 is 17.7 Å². The Kier molecular flexibility index (Phi) is 5.43. The van der Waals surface area contributed by atoms with Crippen LogP contribution in [0.15, 0.2) is 36.5 Å². The summed E-state index contributed by atoms with van der Waals surface area (Å²) in [7, 11) is 1.34. The fourth-order valence-corrected chi connectivity index (χ4v) is 2.65. The minimum atomic E-state index is -0.403. The zero-order valence-corrected chi connectivity index (χ0v) is 14.4. The maximum absolute atomic E-state index is 12.1. The first-order valence-electron chi connectivity index (χ1n) is 8.23. The molecule has 1 aromatic carbocycles. The number of nitrogens with one attached hydrogen (secondary N) is 1. The average molecular weight is 359 g/mol. The van der Waals surface area contributed by atoms with Gasteiger partial charge in [-0.25, -0.2) is 4.79 Å². The third-order valence-corrected chi connectivity index (χ3v) is 4.07.